The molecule has 1 aliphatic heterocycles. The van der Waals surface area contributed by atoms with Gasteiger partial charge in [-0.3, -0.25) is 0 Å². The summed E-state index contributed by atoms with van der Waals surface area (Å²) in [6, 6.07) is 3.98. The van der Waals surface area contributed by atoms with Gasteiger partial charge in [-0.2, -0.15) is 0 Å². The molecule has 0 aliphatic carbocycles. The molecule has 0 unspecified atom stereocenters. The first-order chi connectivity index (χ1) is 7.04. The van der Waals surface area contributed by atoms with Crippen molar-refractivity contribution in [3.8, 4) is 5.75 Å². The minimum absolute atomic E-state index is 0.114. The van der Waals surface area contributed by atoms with E-state index in [2.05, 4.69) is 6.07 Å². The third-order valence-electron chi connectivity index (χ3n) is 2.92. The molecule has 1 N–H and O–H groups in total. The smallest absolute Gasteiger partial charge is 0.141 e. The van der Waals surface area contributed by atoms with Crippen molar-refractivity contribution in [2.45, 2.75) is 25.7 Å². The van der Waals surface area contributed by atoms with Crippen molar-refractivity contribution in [1.29, 1.82) is 0 Å². The first-order valence-electron chi connectivity index (χ1n) is 5.11. The van der Waals surface area contributed by atoms with E-state index in [1.807, 2.05) is 19.9 Å². The van der Waals surface area contributed by atoms with Crippen molar-refractivity contribution >= 4 is 11.6 Å². The molecule has 0 spiro atoms. The summed E-state index contributed by atoms with van der Waals surface area (Å²) in [4.78, 5) is 0. The van der Waals surface area contributed by atoms with Gasteiger partial charge in [0.1, 0.15) is 5.75 Å². The van der Waals surface area contributed by atoms with Crippen molar-refractivity contribution in [2.75, 3.05) is 13.2 Å². The highest BCUT2D eigenvalue weighted by Crippen LogP contribution is 2.37. The third-order valence-corrected chi connectivity index (χ3v) is 3.20. The molecule has 1 heterocycles. The number of aliphatic hydroxyl groups excluding tert-OH is 1. The molecule has 1 aromatic rings. The summed E-state index contributed by atoms with van der Waals surface area (Å²) in [7, 11) is 0. The Bertz CT molecular complexity index is 385. The maximum absolute atomic E-state index is 9.31. The summed E-state index contributed by atoms with van der Waals surface area (Å²) in [6.45, 7) is 4.82. The zero-order valence-corrected chi connectivity index (χ0v) is 9.77. The molecule has 0 aromatic heterocycles. The second-order valence-electron chi connectivity index (χ2n) is 4.59. The average Bonchev–Trinajstić information content (AvgIpc) is 2.66. The first-order valence-corrected chi connectivity index (χ1v) is 5.49. The van der Waals surface area contributed by atoms with Crippen LogP contribution in [0.2, 0.25) is 5.02 Å². The fraction of sp³-hybridized carbons (Fsp3) is 0.500. The molecule has 0 saturated carbocycles. The molecule has 3 heteroatoms. The minimum atomic E-state index is -0.249. The monoisotopic (exact) mass is 226 g/mol. The largest absolute Gasteiger partial charge is 0.491 e. The van der Waals surface area contributed by atoms with E-state index >= 15 is 0 Å². The second kappa shape index (κ2) is 3.69. The second-order valence-corrected chi connectivity index (χ2v) is 4.99. The fourth-order valence-electron chi connectivity index (χ4n) is 1.74. The van der Waals surface area contributed by atoms with E-state index in [0.29, 0.717) is 11.6 Å². The van der Waals surface area contributed by atoms with Gasteiger partial charge in [0.25, 0.3) is 0 Å². The maximum atomic E-state index is 9.31. The van der Waals surface area contributed by atoms with E-state index < -0.39 is 0 Å². The summed E-state index contributed by atoms with van der Waals surface area (Å²) in [5.74, 6) is 0.814. The van der Waals surface area contributed by atoms with E-state index in [9.17, 15) is 5.11 Å². The molecule has 0 bridgehead atoms. The van der Waals surface area contributed by atoms with Gasteiger partial charge in [-0.1, -0.05) is 31.5 Å². The number of halogens is 1. The van der Waals surface area contributed by atoms with Crippen molar-refractivity contribution < 1.29 is 9.84 Å². The van der Waals surface area contributed by atoms with Crippen LogP contribution < -0.4 is 4.74 Å². The Morgan fingerprint density at radius 1 is 1.47 bits per heavy atom. The van der Waals surface area contributed by atoms with Crippen molar-refractivity contribution in [1.82, 2.24) is 0 Å². The van der Waals surface area contributed by atoms with Gasteiger partial charge >= 0.3 is 0 Å². The first kappa shape index (κ1) is 10.8. The van der Waals surface area contributed by atoms with Gasteiger partial charge in [-0.05, 0) is 17.2 Å². The van der Waals surface area contributed by atoms with Gasteiger partial charge in [0.15, 0.2) is 0 Å². The molecular formula is C12H15ClO2. The predicted molar refractivity (Wildman–Crippen MR) is 60.8 cm³/mol. The Balaban J connectivity index is 2.48. The van der Waals surface area contributed by atoms with Crippen LogP contribution in [0.4, 0.5) is 0 Å². The van der Waals surface area contributed by atoms with Crippen LogP contribution in [0.5, 0.6) is 5.75 Å². The van der Waals surface area contributed by atoms with Crippen LogP contribution >= 0.6 is 11.6 Å². The highest BCUT2D eigenvalue weighted by atomic mass is 35.5. The number of rotatable bonds is 2. The van der Waals surface area contributed by atoms with Gasteiger partial charge in [-0.15, -0.1) is 0 Å². The standard InChI is InChI=1S/C12H15ClO2/c1-12(2,7-14)9-5-8-3-4-15-11(8)10(13)6-9/h5-6,14H,3-4,7H2,1-2H3. The zero-order valence-electron chi connectivity index (χ0n) is 9.01. The van der Waals surface area contributed by atoms with Gasteiger partial charge in [0.05, 0.1) is 18.2 Å². The molecule has 82 valence electrons. The average molecular weight is 227 g/mol. The highest BCUT2D eigenvalue weighted by molar-refractivity contribution is 6.32. The van der Waals surface area contributed by atoms with Gasteiger partial charge in [0, 0.05) is 11.8 Å². The molecule has 1 aromatic carbocycles. The molecule has 15 heavy (non-hydrogen) atoms. The molecular weight excluding hydrogens is 212 g/mol. The van der Waals surface area contributed by atoms with Crippen molar-refractivity contribution in [3.05, 3.63) is 28.3 Å². The summed E-state index contributed by atoms with van der Waals surface area (Å²) in [5, 5.41) is 9.97. The van der Waals surface area contributed by atoms with Crippen molar-refractivity contribution in [2.24, 2.45) is 0 Å². The lowest BCUT2D eigenvalue weighted by atomic mass is 9.84. The quantitative estimate of drug-likeness (QED) is 0.840. The van der Waals surface area contributed by atoms with Gasteiger partial charge in [-0.25, -0.2) is 0 Å². The molecule has 0 amide bonds. The molecule has 1 aliphatic rings. The van der Waals surface area contributed by atoms with Crippen LogP contribution in [-0.2, 0) is 11.8 Å². The zero-order chi connectivity index (χ0) is 11.1. The predicted octanol–water partition coefficient (Wildman–Crippen LogP) is 2.54. The van der Waals surface area contributed by atoms with Crippen LogP contribution in [0, 0.1) is 0 Å². The summed E-state index contributed by atoms with van der Waals surface area (Å²) in [6.07, 6.45) is 0.907. The Hall–Kier alpha value is -0.730. The lowest BCUT2D eigenvalue weighted by Gasteiger charge is -2.23. The SMILES string of the molecule is CC(C)(CO)c1cc(Cl)c2c(c1)CCO2. The van der Waals surface area contributed by atoms with E-state index in [-0.39, 0.29) is 12.0 Å². The Morgan fingerprint density at radius 2 is 2.20 bits per heavy atom. The number of fused-ring (bicyclic) bond motifs is 1. The minimum Gasteiger partial charge on any atom is -0.491 e. The highest BCUT2D eigenvalue weighted by Gasteiger charge is 2.24. The topological polar surface area (TPSA) is 29.5 Å². The van der Waals surface area contributed by atoms with Crippen LogP contribution in [0.15, 0.2) is 12.1 Å². The Labute approximate surface area is 94.8 Å². The molecule has 2 nitrogen and oxygen atoms in total. The van der Waals surface area contributed by atoms with Gasteiger partial charge < -0.3 is 9.84 Å². The number of hydrogen-bond acceptors (Lipinski definition) is 2. The van der Waals surface area contributed by atoms with Crippen LogP contribution in [0.3, 0.4) is 0 Å². The molecule has 2 rings (SSSR count). The van der Waals surface area contributed by atoms with E-state index in [0.717, 1.165) is 23.3 Å². The maximum Gasteiger partial charge on any atom is 0.141 e. The van der Waals surface area contributed by atoms with E-state index in [1.54, 1.807) is 0 Å². The normalized spacial score (nSPS) is 14.9. The summed E-state index contributed by atoms with van der Waals surface area (Å²) >= 11 is 6.13. The molecule has 0 atom stereocenters. The van der Waals surface area contributed by atoms with Crippen LogP contribution in [-0.4, -0.2) is 18.3 Å². The lowest BCUT2D eigenvalue weighted by molar-refractivity contribution is 0.218. The van der Waals surface area contributed by atoms with Gasteiger partial charge in [0.2, 0.25) is 0 Å². The molecule has 0 fully saturated rings. The number of ether oxygens (including phenoxy) is 1. The van der Waals surface area contributed by atoms with Crippen LogP contribution in [0.1, 0.15) is 25.0 Å². The number of hydrogen-bond donors (Lipinski definition) is 1. The molecule has 0 saturated heterocycles. The number of aliphatic hydroxyl groups is 1. The lowest BCUT2D eigenvalue weighted by Crippen LogP contribution is -2.22. The fourth-order valence-corrected chi connectivity index (χ4v) is 2.04. The Kier molecular flexibility index (Phi) is 2.65. The molecule has 0 radical (unpaired) electrons. The van der Waals surface area contributed by atoms with Crippen molar-refractivity contribution in [3.63, 3.8) is 0 Å². The Morgan fingerprint density at radius 3 is 2.87 bits per heavy atom. The third kappa shape index (κ3) is 1.84. The van der Waals surface area contributed by atoms with Crippen LogP contribution in [0.25, 0.3) is 0 Å². The number of benzene rings is 1. The van der Waals surface area contributed by atoms with E-state index in [4.69, 9.17) is 16.3 Å². The summed E-state index contributed by atoms with van der Waals surface area (Å²) in [5.41, 5.74) is 1.97. The summed E-state index contributed by atoms with van der Waals surface area (Å²) < 4.78 is 5.44. The van der Waals surface area contributed by atoms with E-state index in [1.165, 1.54) is 0 Å².